The molecule has 0 aliphatic carbocycles. The van der Waals surface area contributed by atoms with Gasteiger partial charge in [-0.2, -0.15) is 0 Å². The third kappa shape index (κ3) is 2.28. The fraction of sp³-hybridized carbons (Fsp3) is 0.200. The standard InChI is InChI=1S/C10H8F3N3O/c11-6-3-8(12)10(13)9(4-6)16-5-7(1-2-17)14-15-16/h3-5,17H,1-2H2. The summed E-state index contributed by atoms with van der Waals surface area (Å²) in [6.45, 7) is -0.140. The SMILES string of the molecule is OCCc1cn(-c2cc(F)cc(F)c2F)nn1. The first-order chi connectivity index (χ1) is 8.11. The molecule has 0 saturated carbocycles. The van der Waals surface area contributed by atoms with E-state index in [1.807, 2.05) is 0 Å². The number of nitrogens with zero attached hydrogens (tertiary/aromatic N) is 3. The van der Waals surface area contributed by atoms with Crippen molar-refractivity contribution in [3.63, 3.8) is 0 Å². The summed E-state index contributed by atoms with van der Waals surface area (Å²) in [5.74, 6) is -3.40. The molecule has 0 aliphatic heterocycles. The van der Waals surface area contributed by atoms with Gasteiger partial charge in [0.1, 0.15) is 11.5 Å². The van der Waals surface area contributed by atoms with Crippen LogP contribution in [0.25, 0.3) is 5.69 Å². The molecule has 90 valence electrons. The molecule has 0 saturated heterocycles. The van der Waals surface area contributed by atoms with Gasteiger partial charge < -0.3 is 5.11 Å². The van der Waals surface area contributed by atoms with E-state index < -0.39 is 17.5 Å². The second-order valence-electron chi connectivity index (χ2n) is 3.35. The second-order valence-corrected chi connectivity index (χ2v) is 3.35. The van der Waals surface area contributed by atoms with Crippen LogP contribution in [0, 0.1) is 17.5 Å². The molecule has 0 atom stereocenters. The maximum Gasteiger partial charge on any atom is 0.184 e. The minimum absolute atomic E-state index is 0.140. The quantitative estimate of drug-likeness (QED) is 0.824. The molecule has 1 N–H and O–H groups in total. The van der Waals surface area contributed by atoms with Gasteiger partial charge in [0.15, 0.2) is 11.6 Å². The molecule has 0 bridgehead atoms. The minimum atomic E-state index is -1.29. The van der Waals surface area contributed by atoms with Gasteiger partial charge in [-0.1, -0.05) is 5.21 Å². The monoisotopic (exact) mass is 243 g/mol. The molecular weight excluding hydrogens is 235 g/mol. The largest absolute Gasteiger partial charge is 0.396 e. The maximum absolute atomic E-state index is 13.4. The molecule has 0 unspecified atom stereocenters. The van der Waals surface area contributed by atoms with E-state index in [1.54, 1.807) is 0 Å². The summed E-state index contributed by atoms with van der Waals surface area (Å²) < 4.78 is 40.2. The Balaban J connectivity index is 2.44. The molecule has 1 aromatic carbocycles. The topological polar surface area (TPSA) is 50.9 Å². The van der Waals surface area contributed by atoms with Crippen molar-refractivity contribution in [2.45, 2.75) is 6.42 Å². The lowest BCUT2D eigenvalue weighted by Gasteiger charge is -2.02. The van der Waals surface area contributed by atoms with Crippen LogP contribution in [0.4, 0.5) is 13.2 Å². The molecule has 0 aliphatic rings. The average molecular weight is 243 g/mol. The Bertz CT molecular complexity index is 542. The van der Waals surface area contributed by atoms with Crippen LogP contribution >= 0.6 is 0 Å². The lowest BCUT2D eigenvalue weighted by Crippen LogP contribution is -2.02. The summed E-state index contributed by atoms with van der Waals surface area (Å²) in [5, 5.41) is 15.8. The van der Waals surface area contributed by atoms with Gasteiger partial charge >= 0.3 is 0 Å². The van der Waals surface area contributed by atoms with Crippen LogP contribution in [0.3, 0.4) is 0 Å². The van der Waals surface area contributed by atoms with Gasteiger partial charge in [0.05, 0.1) is 11.9 Å². The number of aromatic nitrogens is 3. The number of aliphatic hydroxyl groups excluding tert-OH is 1. The Labute approximate surface area is 94.3 Å². The fourth-order valence-electron chi connectivity index (χ4n) is 1.35. The molecule has 0 fully saturated rings. The second kappa shape index (κ2) is 4.54. The Morgan fingerprint density at radius 1 is 1.24 bits per heavy atom. The van der Waals surface area contributed by atoms with Crippen molar-refractivity contribution in [1.82, 2.24) is 15.0 Å². The van der Waals surface area contributed by atoms with Gasteiger partial charge in [0.25, 0.3) is 0 Å². The van der Waals surface area contributed by atoms with Crippen LogP contribution in [0.5, 0.6) is 0 Å². The predicted octanol–water partition coefficient (Wildman–Crippen LogP) is 1.22. The lowest BCUT2D eigenvalue weighted by atomic mass is 10.3. The van der Waals surface area contributed by atoms with E-state index in [4.69, 9.17) is 5.11 Å². The van der Waals surface area contributed by atoms with E-state index in [0.29, 0.717) is 11.8 Å². The zero-order valence-corrected chi connectivity index (χ0v) is 8.57. The van der Waals surface area contributed by atoms with Gasteiger partial charge in [-0.25, -0.2) is 17.9 Å². The van der Waals surface area contributed by atoms with Gasteiger partial charge in [-0.15, -0.1) is 5.10 Å². The van der Waals surface area contributed by atoms with Crippen LogP contribution in [0.1, 0.15) is 5.69 Å². The van der Waals surface area contributed by atoms with Gasteiger partial charge in [-0.05, 0) is 0 Å². The normalized spacial score (nSPS) is 10.8. The zero-order chi connectivity index (χ0) is 12.4. The van der Waals surface area contributed by atoms with Crippen LogP contribution in [0.15, 0.2) is 18.3 Å². The Morgan fingerprint density at radius 3 is 2.71 bits per heavy atom. The van der Waals surface area contributed by atoms with Crippen molar-refractivity contribution in [2.24, 2.45) is 0 Å². The number of aliphatic hydroxyl groups is 1. The first-order valence-electron chi connectivity index (χ1n) is 4.79. The number of hydrogen-bond donors (Lipinski definition) is 1. The minimum Gasteiger partial charge on any atom is -0.396 e. The van der Waals surface area contributed by atoms with Crippen molar-refractivity contribution in [2.75, 3.05) is 6.61 Å². The molecular formula is C10H8F3N3O. The van der Waals surface area contributed by atoms with Crippen molar-refractivity contribution in [3.8, 4) is 5.69 Å². The van der Waals surface area contributed by atoms with Crippen molar-refractivity contribution in [3.05, 3.63) is 41.5 Å². The summed E-state index contributed by atoms with van der Waals surface area (Å²) >= 11 is 0. The first kappa shape index (κ1) is 11.6. The van der Waals surface area contributed by atoms with Gasteiger partial charge in [0.2, 0.25) is 0 Å². The Kier molecular flexibility index (Phi) is 3.10. The maximum atomic E-state index is 13.4. The van der Waals surface area contributed by atoms with Gasteiger partial charge in [0, 0.05) is 25.2 Å². The molecule has 0 spiro atoms. The predicted molar refractivity (Wildman–Crippen MR) is 52.0 cm³/mol. The van der Waals surface area contributed by atoms with E-state index >= 15 is 0 Å². The van der Waals surface area contributed by atoms with Crippen molar-refractivity contribution in [1.29, 1.82) is 0 Å². The van der Waals surface area contributed by atoms with E-state index in [0.717, 1.165) is 10.7 Å². The van der Waals surface area contributed by atoms with E-state index in [9.17, 15) is 13.2 Å². The van der Waals surface area contributed by atoms with Gasteiger partial charge in [-0.3, -0.25) is 0 Å². The highest BCUT2D eigenvalue weighted by Gasteiger charge is 2.14. The number of halogens is 3. The molecule has 0 amide bonds. The summed E-state index contributed by atoms with van der Waals surface area (Å²) in [6, 6.07) is 1.26. The summed E-state index contributed by atoms with van der Waals surface area (Å²) in [4.78, 5) is 0. The molecule has 1 heterocycles. The Hall–Kier alpha value is -1.89. The lowest BCUT2D eigenvalue weighted by molar-refractivity contribution is 0.298. The highest BCUT2D eigenvalue weighted by atomic mass is 19.2. The molecule has 0 radical (unpaired) electrons. The fourth-order valence-corrected chi connectivity index (χ4v) is 1.35. The third-order valence-electron chi connectivity index (χ3n) is 2.13. The average Bonchev–Trinajstić information content (AvgIpc) is 2.72. The van der Waals surface area contributed by atoms with Crippen LogP contribution in [-0.2, 0) is 6.42 Å². The number of rotatable bonds is 3. The molecule has 7 heteroatoms. The van der Waals surface area contributed by atoms with Crippen molar-refractivity contribution < 1.29 is 18.3 Å². The molecule has 2 aromatic rings. The number of hydrogen-bond acceptors (Lipinski definition) is 3. The van der Waals surface area contributed by atoms with Crippen LogP contribution in [0.2, 0.25) is 0 Å². The smallest absolute Gasteiger partial charge is 0.184 e. The number of benzene rings is 1. The molecule has 2 rings (SSSR count). The Morgan fingerprint density at radius 2 is 2.00 bits per heavy atom. The summed E-state index contributed by atoms with van der Waals surface area (Å²) in [7, 11) is 0. The highest BCUT2D eigenvalue weighted by molar-refractivity contribution is 5.34. The summed E-state index contributed by atoms with van der Waals surface area (Å²) in [5.41, 5.74) is 0.0377. The first-order valence-corrected chi connectivity index (χ1v) is 4.79. The third-order valence-corrected chi connectivity index (χ3v) is 2.13. The van der Waals surface area contributed by atoms with Crippen molar-refractivity contribution >= 4 is 0 Å². The summed E-state index contributed by atoms with van der Waals surface area (Å²) in [6.07, 6.45) is 1.53. The molecule has 1 aromatic heterocycles. The van der Waals surface area contributed by atoms with Crippen LogP contribution in [-0.4, -0.2) is 26.7 Å². The van der Waals surface area contributed by atoms with E-state index in [2.05, 4.69) is 10.3 Å². The molecule has 17 heavy (non-hydrogen) atoms. The van der Waals surface area contributed by atoms with Crippen LogP contribution < -0.4 is 0 Å². The zero-order valence-electron chi connectivity index (χ0n) is 8.57. The van der Waals surface area contributed by atoms with E-state index in [1.165, 1.54) is 6.20 Å². The molecule has 4 nitrogen and oxygen atoms in total. The highest BCUT2D eigenvalue weighted by Crippen LogP contribution is 2.17. The van der Waals surface area contributed by atoms with E-state index in [-0.39, 0.29) is 18.7 Å².